The van der Waals surface area contributed by atoms with Crippen molar-refractivity contribution in [2.75, 3.05) is 6.54 Å². The number of nitrogens with zero attached hydrogens (tertiary/aromatic N) is 1. The SMILES string of the molecule is CC1=CC2C(C=C1)S(=O)(=O)N1CC21c1ccccc1. The number of allylic oxidation sites excluding steroid dienone is 2. The predicted molar refractivity (Wildman–Crippen MR) is 73.9 cm³/mol. The summed E-state index contributed by atoms with van der Waals surface area (Å²) in [5.41, 5.74) is 1.95. The second-order valence-corrected chi connectivity index (χ2v) is 7.62. The number of rotatable bonds is 1. The van der Waals surface area contributed by atoms with Gasteiger partial charge in [0.15, 0.2) is 0 Å². The van der Waals surface area contributed by atoms with Crippen molar-refractivity contribution in [3.8, 4) is 0 Å². The Morgan fingerprint density at radius 2 is 2.00 bits per heavy atom. The van der Waals surface area contributed by atoms with Crippen LogP contribution in [0, 0.1) is 5.92 Å². The van der Waals surface area contributed by atoms with Crippen LogP contribution in [0.3, 0.4) is 0 Å². The molecule has 2 saturated heterocycles. The van der Waals surface area contributed by atoms with Gasteiger partial charge in [0.2, 0.25) is 10.0 Å². The summed E-state index contributed by atoms with van der Waals surface area (Å²) in [6.07, 6.45) is 5.90. The van der Waals surface area contributed by atoms with E-state index in [2.05, 4.69) is 6.08 Å². The Bertz CT molecular complexity index is 705. The smallest absolute Gasteiger partial charge is 0.212 e. The summed E-state index contributed by atoms with van der Waals surface area (Å²) < 4.78 is 26.7. The summed E-state index contributed by atoms with van der Waals surface area (Å²) in [6, 6.07) is 10.0. The predicted octanol–water partition coefficient (Wildman–Crippen LogP) is 2.04. The lowest BCUT2D eigenvalue weighted by atomic mass is 9.80. The van der Waals surface area contributed by atoms with Gasteiger partial charge in [0.05, 0.1) is 5.54 Å². The zero-order valence-corrected chi connectivity index (χ0v) is 11.5. The molecule has 4 atom stereocenters. The minimum Gasteiger partial charge on any atom is -0.212 e. The van der Waals surface area contributed by atoms with Crippen LogP contribution >= 0.6 is 0 Å². The highest BCUT2D eigenvalue weighted by molar-refractivity contribution is 7.90. The molecule has 4 rings (SSSR count). The average Bonchev–Trinajstić information content (AvgIpc) is 3.13. The summed E-state index contributed by atoms with van der Waals surface area (Å²) in [4.78, 5) is 0. The first-order valence-corrected chi connectivity index (χ1v) is 8.01. The molecule has 2 heterocycles. The molecular weight excluding hydrogens is 258 g/mol. The van der Waals surface area contributed by atoms with E-state index in [1.165, 1.54) is 0 Å². The van der Waals surface area contributed by atoms with Gasteiger partial charge in [0, 0.05) is 12.5 Å². The third-order valence-corrected chi connectivity index (χ3v) is 6.76. The molecule has 19 heavy (non-hydrogen) atoms. The standard InChI is InChI=1S/C15H15NO2S/c1-11-7-8-14-13(9-11)15(10-16(15)19(14,17)18)12-5-3-2-4-6-12/h2-9,13-14H,10H2,1H3. The van der Waals surface area contributed by atoms with E-state index in [4.69, 9.17) is 0 Å². The van der Waals surface area contributed by atoms with E-state index in [9.17, 15) is 8.42 Å². The first-order valence-electron chi connectivity index (χ1n) is 6.51. The van der Waals surface area contributed by atoms with Gasteiger partial charge >= 0.3 is 0 Å². The van der Waals surface area contributed by atoms with Crippen LogP contribution in [0.1, 0.15) is 12.5 Å². The van der Waals surface area contributed by atoms with Gasteiger partial charge in [-0.2, -0.15) is 4.31 Å². The third kappa shape index (κ3) is 1.28. The Labute approximate surface area is 113 Å². The molecule has 0 amide bonds. The Hall–Kier alpha value is -1.39. The largest absolute Gasteiger partial charge is 0.222 e. The van der Waals surface area contributed by atoms with Gasteiger partial charge in [-0.15, -0.1) is 0 Å². The van der Waals surface area contributed by atoms with E-state index in [-0.39, 0.29) is 16.7 Å². The van der Waals surface area contributed by atoms with Crippen LogP contribution in [0.15, 0.2) is 54.1 Å². The number of hydrogen-bond acceptors (Lipinski definition) is 2. The minimum atomic E-state index is -3.18. The van der Waals surface area contributed by atoms with Crippen molar-refractivity contribution in [2.45, 2.75) is 17.7 Å². The van der Waals surface area contributed by atoms with Crippen molar-refractivity contribution in [1.82, 2.24) is 4.31 Å². The number of sulfonamides is 1. The van der Waals surface area contributed by atoms with Gasteiger partial charge in [-0.05, 0) is 12.5 Å². The Kier molecular flexibility index (Phi) is 2.03. The summed E-state index contributed by atoms with van der Waals surface area (Å²) in [7, 11) is -3.18. The zero-order valence-electron chi connectivity index (χ0n) is 10.7. The van der Waals surface area contributed by atoms with Crippen molar-refractivity contribution in [1.29, 1.82) is 0 Å². The van der Waals surface area contributed by atoms with Crippen LogP contribution < -0.4 is 0 Å². The van der Waals surface area contributed by atoms with Crippen LogP contribution in [0.4, 0.5) is 0 Å². The molecule has 4 heteroatoms. The van der Waals surface area contributed by atoms with E-state index in [0.29, 0.717) is 6.54 Å². The highest BCUT2D eigenvalue weighted by Crippen LogP contribution is 2.61. The molecular formula is C15H15NO2S. The Morgan fingerprint density at radius 3 is 2.74 bits per heavy atom. The van der Waals surface area contributed by atoms with Crippen LogP contribution in [0.25, 0.3) is 0 Å². The molecule has 0 spiro atoms. The van der Waals surface area contributed by atoms with Crippen LogP contribution in [0.5, 0.6) is 0 Å². The summed E-state index contributed by atoms with van der Waals surface area (Å²) in [5.74, 6) is 0.0462. The molecule has 0 saturated carbocycles. The van der Waals surface area contributed by atoms with Crippen molar-refractivity contribution < 1.29 is 8.42 Å². The van der Waals surface area contributed by atoms with Gasteiger partial charge in [0.25, 0.3) is 0 Å². The van der Waals surface area contributed by atoms with Crippen LogP contribution in [-0.4, -0.2) is 24.5 Å². The fraction of sp³-hybridized carbons (Fsp3) is 0.333. The Balaban J connectivity index is 1.91. The fourth-order valence-electron chi connectivity index (χ4n) is 3.57. The highest BCUT2D eigenvalue weighted by atomic mass is 32.2. The normalized spacial score (nSPS) is 41.3. The molecule has 1 aromatic rings. The monoisotopic (exact) mass is 273 g/mol. The van der Waals surface area contributed by atoms with Crippen LogP contribution in [-0.2, 0) is 15.6 Å². The molecule has 0 N–H and O–H groups in total. The third-order valence-electron chi connectivity index (χ3n) is 4.55. The maximum Gasteiger partial charge on any atom is 0.222 e. The van der Waals surface area contributed by atoms with Crippen molar-refractivity contribution in [3.63, 3.8) is 0 Å². The van der Waals surface area contributed by atoms with Crippen molar-refractivity contribution >= 4 is 10.0 Å². The molecule has 98 valence electrons. The van der Waals surface area contributed by atoms with E-state index >= 15 is 0 Å². The molecule has 2 fully saturated rings. The second-order valence-electron chi connectivity index (χ2n) is 5.60. The van der Waals surface area contributed by atoms with Crippen LogP contribution in [0.2, 0.25) is 0 Å². The molecule has 1 aromatic carbocycles. The van der Waals surface area contributed by atoms with Gasteiger partial charge in [0.1, 0.15) is 5.25 Å². The van der Waals surface area contributed by atoms with E-state index in [1.54, 1.807) is 4.31 Å². The van der Waals surface area contributed by atoms with E-state index in [1.807, 2.05) is 49.4 Å². The topological polar surface area (TPSA) is 37.1 Å². The molecule has 0 bridgehead atoms. The van der Waals surface area contributed by atoms with Crippen molar-refractivity contribution in [3.05, 3.63) is 59.7 Å². The second kappa shape index (κ2) is 3.38. The maximum absolute atomic E-state index is 12.5. The highest BCUT2D eigenvalue weighted by Gasteiger charge is 2.73. The van der Waals surface area contributed by atoms with Gasteiger partial charge < -0.3 is 0 Å². The first kappa shape index (κ1) is 11.4. The molecule has 4 unspecified atom stereocenters. The molecule has 3 aliphatic rings. The maximum atomic E-state index is 12.5. The van der Waals surface area contributed by atoms with E-state index < -0.39 is 10.0 Å². The number of benzene rings is 1. The van der Waals surface area contributed by atoms with Gasteiger partial charge in [-0.3, -0.25) is 0 Å². The van der Waals surface area contributed by atoms with Crippen molar-refractivity contribution in [2.24, 2.45) is 5.92 Å². The summed E-state index contributed by atoms with van der Waals surface area (Å²) in [5, 5.41) is -0.384. The lowest BCUT2D eigenvalue weighted by molar-refractivity contribution is 0.470. The van der Waals surface area contributed by atoms with Gasteiger partial charge in [-0.25, -0.2) is 8.42 Å². The lowest BCUT2D eigenvalue weighted by Crippen LogP contribution is -2.30. The first-order chi connectivity index (χ1) is 9.07. The average molecular weight is 273 g/mol. The lowest BCUT2D eigenvalue weighted by Gasteiger charge is -2.24. The number of hydrogen-bond donors (Lipinski definition) is 0. The molecule has 1 aliphatic carbocycles. The molecule has 2 aliphatic heterocycles. The van der Waals surface area contributed by atoms with E-state index in [0.717, 1.165) is 11.1 Å². The van der Waals surface area contributed by atoms with Gasteiger partial charge in [-0.1, -0.05) is 54.1 Å². The molecule has 0 aromatic heterocycles. The fourth-order valence-corrected chi connectivity index (χ4v) is 5.87. The minimum absolute atomic E-state index is 0.0462. The quantitative estimate of drug-likeness (QED) is 0.734. The number of fused-ring (bicyclic) bond motifs is 3. The molecule has 3 nitrogen and oxygen atoms in total. The summed E-state index contributed by atoms with van der Waals surface area (Å²) in [6.45, 7) is 2.65. The zero-order chi connectivity index (χ0) is 13.3. The molecule has 0 radical (unpaired) electrons. The summed E-state index contributed by atoms with van der Waals surface area (Å²) >= 11 is 0. The Morgan fingerprint density at radius 1 is 1.26 bits per heavy atom.